The first kappa shape index (κ1) is 14.3. The summed E-state index contributed by atoms with van der Waals surface area (Å²) in [5.41, 5.74) is 6.47. The number of methoxy groups -OCH3 is 1. The first-order chi connectivity index (χ1) is 9.60. The van der Waals surface area contributed by atoms with Crippen molar-refractivity contribution >= 4 is 17.6 Å². The van der Waals surface area contributed by atoms with Crippen molar-refractivity contribution in [3.63, 3.8) is 0 Å². The zero-order valence-electron chi connectivity index (χ0n) is 11.4. The summed E-state index contributed by atoms with van der Waals surface area (Å²) in [5, 5.41) is 0. The molecule has 0 aliphatic carbocycles. The van der Waals surface area contributed by atoms with Gasteiger partial charge in [0, 0.05) is 26.2 Å². The topological polar surface area (TPSA) is 88.8 Å². The monoisotopic (exact) mass is 278 g/mol. The van der Waals surface area contributed by atoms with Crippen LogP contribution in [0.1, 0.15) is 10.5 Å². The molecule has 0 radical (unpaired) electrons. The number of nitrogen functional groups attached to an aromatic ring is 1. The van der Waals surface area contributed by atoms with Crippen LogP contribution in [-0.2, 0) is 9.53 Å². The van der Waals surface area contributed by atoms with E-state index < -0.39 is 0 Å². The number of rotatable bonds is 3. The Labute approximate surface area is 117 Å². The van der Waals surface area contributed by atoms with E-state index in [-0.39, 0.29) is 18.4 Å². The van der Waals surface area contributed by atoms with Crippen molar-refractivity contribution in [2.45, 2.75) is 0 Å². The van der Waals surface area contributed by atoms with Crippen LogP contribution in [0.15, 0.2) is 18.3 Å². The Hall–Kier alpha value is -2.15. The van der Waals surface area contributed by atoms with Gasteiger partial charge in [0.25, 0.3) is 5.91 Å². The number of hydrogen-bond donors (Lipinski definition) is 1. The normalized spacial score (nSPS) is 15.9. The molecule has 0 bridgehead atoms. The van der Waals surface area contributed by atoms with Crippen molar-refractivity contribution < 1.29 is 14.3 Å². The molecule has 2 N–H and O–H groups in total. The SMILES string of the molecule is COC(=O)CN1CCN(C(=O)c2ccc(N)cn2)CC1. The van der Waals surface area contributed by atoms with Crippen molar-refractivity contribution in [1.82, 2.24) is 14.8 Å². The van der Waals surface area contributed by atoms with E-state index in [0.717, 1.165) is 0 Å². The van der Waals surface area contributed by atoms with Crippen molar-refractivity contribution in [2.75, 3.05) is 45.6 Å². The average molecular weight is 278 g/mol. The molecule has 7 heteroatoms. The van der Waals surface area contributed by atoms with Crippen LogP contribution < -0.4 is 5.73 Å². The van der Waals surface area contributed by atoms with E-state index in [1.807, 2.05) is 4.90 Å². The second-order valence-electron chi connectivity index (χ2n) is 4.62. The van der Waals surface area contributed by atoms with Gasteiger partial charge in [-0.15, -0.1) is 0 Å². The minimum Gasteiger partial charge on any atom is -0.468 e. The number of carbonyl (C=O) groups excluding carboxylic acids is 2. The van der Waals surface area contributed by atoms with Crippen molar-refractivity contribution in [1.29, 1.82) is 0 Å². The fourth-order valence-corrected chi connectivity index (χ4v) is 2.05. The molecule has 0 atom stereocenters. The summed E-state index contributed by atoms with van der Waals surface area (Å²) in [5.74, 6) is -0.368. The molecule has 1 amide bonds. The molecule has 2 rings (SSSR count). The quantitative estimate of drug-likeness (QED) is 0.756. The van der Waals surface area contributed by atoms with Crippen LogP contribution in [0.2, 0.25) is 0 Å². The highest BCUT2D eigenvalue weighted by molar-refractivity contribution is 5.92. The van der Waals surface area contributed by atoms with Gasteiger partial charge in [-0.1, -0.05) is 0 Å². The molecule has 1 fully saturated rings. The first-order valence-corrected chi connectivity index (χ1v) is 6.40. The zero-order valence-corrected chi connectivity index (χ0v) is 11.4. The second-order valence-corrected chi connectivity index (χ2v) is 4.62. The lowest BCUT2D eigenvalue weighted by molar-refractivity contribution is -0.142. The fraction of sp³-hybridized carbons (Fsp3) is 0.462. The maximum absolute atomic E-state index is 12.2. The summed E-state index contributed by atoms with van der Waals surface area (Å²) in [6.07, 6.45) is 1.47. The molecule has 0 aromatic carbocycles. The number of carbonyl (C=O) groups is 2. The largest absolute Gasteiger partial charge is 0.468 e. The molecule has 0 unspecified atom stereocenters. The Morgan fingerprint density at radius 2 is 2.00 bits per heavy atom. The highest BCUT2D eigenvalue weighted by Gasteiger charge is 2.23. The number of hydrogen-bond acceptors (Lipinski definition) is 6. The lowest BCUT2D eigenvalue weighted by atomic mass is 10.2. The molecule has 20 heavy (non-hydrogen) atoms. The van der Waals surface area contributed by atoms with Gasteiger partial charge in [-0.3, -0.25) is 14.5 Å². The molecule has 1 aliphatic rings. The third kappa shape index (κ3) is 3.45. The minimum absolute atomic E-state index is 0.109. The maximum atomic E-state index is 12.2. The average Bonchev–Trinajstić information content (AvgIpc) is 2.48. The van der Waals surface area contributed by atoms with Gasteiger partial charge in [-0.2, -0.15) is 0 Å². The zero-order chi connectivity index (χ0) is 14.5. The number of aromatic nitrogens is 1. The summed E-state index contributed by atoms with van der Waals surface area (Å²) in [7, 11) is 1.37. The summed E-state index contributed by atoms with van der Waals surface area (Å²) < 4.78 is 4.62. The van der Waals surface area contributed by atoms with E-state index in [9.17, 15) is 9.59 Å². The standard InChI is InChI=1S/C13H18N4O3/c1-20-12(18)9-16-4-6-17(7-5-16)13(19)11-3-2-10(14)8-15-11/h2-3,8H,4-7,9,14H2,1H3. The minimum atomic E-state index is -0.259. The summed E-state index contributed by atoms with van der Waals surface area (Å²) in [6, 6.07) is 3.28. The van der Waals surface area contributed by atoms with Crippen molar-refractivity contribution in [3.05, 3.63) is 24.0 Å². The summed E-state index contributed by atoms with van der Waals surface area (Å²) >= 11 is 0. The van der Waals surface area contributed by atoms with Gasteiger partial charge < -0.3 is 15.4 Å². The molecule has 0 spiro atoms. The van der Waals surface area contributed by atoms with E-state index >= 15 is 0 Å². The van der Waals surface area contributed by atoms with Crippen molar-refractivity contribution in [2.24, 2.45) is 0 Å². The van der Waals surface area contributed by atoms with Crippen LogP contribution in [0.4, 0.5) is 5.69 Å². The van der Waals surface area contributed by atoms with Crippen LogP contribution in [0.3, 0.4) is 0 Å². The van der Waals surface area contributed by atoms with Gasteiger partial charge in [0.1, 0.15) is 5.69 Å². The summed E-state index contributed by atoms with van der Waals surface area (Å²) in [6.45, 7) is 2.70. The van der Waals surface area contributed by atoms with Gasteiger partial charge in [-0.25, -0.2) is 4.98 Å². The van der Waals surface area contributed by atoms with Crippen LogP contribution >= 0.6 is 0 Å². The van der Waals surface area contributed by atoms with Gasteiger partial charge in [-0.05, 0) is 12.1 Å². The molecule has 1 aliphatic heterocycles. The first-order valence-electron chi connectivity index (χ1n) is 6.40. The Morgan fingerprint density at radius 3 is 2.55 bits per heavy atom. The number of nitrogens with zero attached hydrogens (tertiary/aromatic N) is 3. The number of piperazine rings is 1. The third-order valence-corrected chi connectivity index (χ3v) is 3.25. The van der Waals surface area contributed by atoms with Crippen molar-refractivity contribution in [3.8, 4) is 0 Å². The Kier molecular flexibility index (Phi) is 4.52. The molecule has 2 heterocycles. The van der Waals surface area contributed by atoms with E-state index in [4.69, 9.17) is 5.73 Å². The predicted octanol–water partition coefficient (Wildman–Crippen LogP) is -0.405. The molecular formula is C13H18N4O3. The molecule has 7 nitrogen and oxygen atoms in total. The van der Waals surface area contributed by atoms with E-state index in [1.165, 1.54) is 13.3 Å². The number of nitrogens with two attached hydrogens (primary N) is 1. The third-order valence-electron chi connectivity index (χ3n) is 3.25. The molecule has 1 aromatic heterocycles. The van der Waals surface area contributed by atoms with E-state index in [1.54, 1.807) is 17.0 Å². The van der Waals surface area contributed by atoms with Gasteiger partial charge in [0.05, 0.1) is 25.5 Å². The second kappa shape index (κ2) is 6.33. The Balaban J connectivity index is 1.88. The molecular weight excluding hydrogens is 260 g/mol. The smallest absolute Gasteiger partial charge is 0.319 e. The Morgan fingerprint density at radius 1 is 1.30 bits per heavy atom. The number of amides is 1. The van der Waals surface area contributed by atoms with Crippen LogP contribution in [0.5, 0.6) is 0 Å². The fourth-order valence-electron chi connectivity index (χ4n) is 2.05. The predicted molar refractivity (Wildman–Crippen MR) is 73.0 cm³/mol. The van der Waals surface area contributed by atoms with Crippen LogP contribution in [0, 0.1) is 0 Å². The summed E-state index contributed by atoms with van der Waals surface area (Å²) in [4.78, 5) is 31.1. The molecule has 1 aromatic rings. The molecule has 0 saturated carbocycles. The lowest BCUT2D eigenvalue weighted by Gasteiger charge is -2.33. The van der Waals surface area contributed by atoms with E-state index in [2.05, 4.69) is 9.72 Å². The maximum Gasteiger partial charge on any atom is 0.319 e. The van der Waals surface area contributed by atoms with E-state index in [0.29, 0.717) is 37.6 Å². The number of pyridine rings is 1. The van der Waals surface area contributed by atoms with Gasteiger partial charge in [0.2, 0.25) is 0 Å². The highest BCUT2D eigenvalue weighted by atomic mass is 16.5. The van der Waals surface area contributed by atoms with Gasteiger partial charge >= 0.3 is 5.97 Å². The highest BCUT2D eigenvalue weighted by Crippen LogP contribution is 2.08. The molecule has 108 valence electrons. The number of anilines is 1. The lowest BCUT2D eigenvalue weighted by Crippen LogP contribution is -2.50. The molecule has 1 saturated heterocycles. The van der Waals surface area contributed by atoms with Gasteiger partial charge in [0.15, 0.2) is 0 Å². The van der Waals surface area contributed by atoms with Crippen LogP contribution in [-0.4, -0.2) is 66.5 Å². The Bertz CT molecular complexity index is 481. The van der Waals surface area contributed by atoms with Crippen LogP contribution in [0.25, 0.3) is 0 Å². The number of ether oxygens (including phenoxy) is 1. The number of esters is 1.